The number of aromatic nitrogens is 2. The van der Waals surface area contributed by atoms with Crippen molar-refractivity contribution in [2.24, 2.45) is 0 Å². The Morgan fingerprint density at radius 3 is 2.68 bits per heavy atom. The molecule has 140 valence electrons. The Hall–Kier alpha value is -3.05. The fourth-order valence-corrected chi connectivity index (χ4v) is 4.05. The molecule has 4 aromatic rings. The van der Waals surface area contributed by atoms with Crippen molar-refractivity contribution in [2.75, 3.05) is 0 Å². The number of hydrogen-bond acceptors (Lipinski definition) is 5. The number of fused-ring (bicyclic) bond motifs is 1. The summed E-state index contributed by atoms with van der Waals surface area (Å²) < 4.78 is 6.87. The first kappa shape index (κ1) is 18.3. The van der Waals surface area contributed by atoms with Crippen molar-refractivity contribution in [3.8, 4) is 16.5 Å². The number of carbonyl (C=O) groups excluding carboxylic acids is 1. The van der Waals surface area contributed by atoms with Crippen LogP contribution in [0.5, 0.6) is 5.75 Å². The second kappa shape index (κ2) is 7.52. The molecule has 0 aliphatic heterocycles. The van der Waals surface area contributed by atoms with Crippen molar-refractivity contribution in [3.05, 3.63) is 77.5 Å². The summed E-state index contributed by atoms with van der Waals surface area (Å²) in [6, 6.07) is 17.3. The second-order valence-corrected chi connectivity index (χ2v) is 8.00. The number of carbonyl (C=O) groups is 1. The van der Waals surface area contributed by atoms with Gasteiger partial charge in [0, 0.05) is 6.20 Å². The number of aryl methyl sites for hydroxylation is 1. The molecule has 0 amide bonds. The number of esters is 1. The van der Waals surface area contributed by atoms with Crippen LogP contribution in [0.25, 0.3) is 20.9 Å². The molecule has 2 heterocycles. The molecule has 0 aliphatic carbocycles. The molecule has 0 unspecified atom stereocenters. The number of rotatable bonds is 4. The Morgan fingerprint density at radius 1 is 1.07 bits per heavy atom. The van der Waals surface area contributed by atoms with Crippen LogP contribution in [-0.2, 0) is 0 Å². The van der Waals surface area contributed by atoms with E-state index in [2.05, 4.69) is 23.8 Å². The van der Waals surface area contributed by atoms with Gasteiger partial charge < -0.3 is 4.74 Å². The van der Waals surface area contributed by atoms with E-state index in [1.165, 1.54) is 11.3 Å². The standard InChI is InChI=1S/C23H20N2O2S/c1-14(2)16-11-10-15(3)13-19(16)27-23(26)17-7-6-12-24-21(17)22-25-18-8-4-5-9-20(18)28-22/h4-14H,1-3H3. The monoisotopic (exact) mass is 388 g/mol. The van der Waals surface area contributed by atoms with Crippen molar-refractivity contribution >= 4 is 27.5 Å². The van der Waals surface area contributed by atoms with Crippen LogP contribution in [0.1, 0.15) is 41.3 Å². The molecule has 4 nitrogen and oxygen atoms in total. The predicted molar refractivity (Wildman–Crippen MR) is 113 cm³/mol. The van der Waals surface area contributed by atoms with E-state index in [1.54, 1.807) is 18.3 Å². The molecular weight excluding hydrogens is 368 g/mol. The van der Waals surface area contributed by atoms with Crippen LogP contribution in [0.15, 0.2) is 60.8 Å². The third-order valence-electron chi connectivity index (χ3n) is 4.52. The molecule has 4 rings (SSSR count). The zero-order chi connectivity index (χ0) is 19.7. The molecule has 0 fully saturated rings. The quantitative estimate of drug-likeness (QED) is 0.317. The highest BCUT2D eigenvalue weighted by Gasteiger charge is 2.20. The topological polar surface area (TPSA) is 52.1 Å². The van der Waals surface area contributed by atoms with Gasteiger partial charge in [0.2, 0.25) is 0 Å². The number of hydrogen-bond donors (Lipinski definition) is 0. The van der Waals surface area contributed by atoms with E-state index >= 15 is 0 Å². The summed E-state index contributed by atoms with van der Waals surface area (Å²) in [6.07, 6.45) is 1.67. The lowest BCUT2D eigenvalue weighted by Gasteiger charge is -2.14. The molecule has 2 aromatic carbocycles. The first-order valence-corrected chi connectivity index (χ1v) is 9.98. The summed E-state index contributed by atoms with van der Waals surface area (Å²) >= 11 is 1.52. The van der Waals surface area contributed by atoms with Gasteiger partial charge in [-0.3, -0.25) is 4.98 Å². The Balaban J connectivity index is 1.73. The normalized spacial score (nSPS) is 11.1. The maximum Gasteiger partial charge on any atom is 0.345 e. The Bertz CT molecular complexity index is 1130. The molecular formula is C23H20N2O2S. The number of nitrogens with zero attached hydrogens (tertiary/aromatic N) is 2. The van der Waals surface area contributed by atoms with Crippen LogP contribution in [-0.4, -0.2) is 15.9 Å². The van der Waals surface area contributed by atoms with Gasteiger partial charge in [0.1, 0.15) is 16.5 Å². The molecule has 0 saturated carbocycles. The highest BCUT2D eigenvalue weighted by Crippen LogP contribution is 2.32. The number of para-hydroxylation sites is 1. The van der Waals surface area contributed by atoms with Gasteiger partial charge >= 0.3 is 5.97 Å². The van der Waals surface area contributed by atoms with E-state index in [0.29, 0.717) is 22.0 Å². The van der Waals surface area contributed by atoms with E-state index in [-0.39, 0.29) is 5.92 Å². The maximum absolute atomic E-state index is 13.0. The average Bonchev–Trinajstić information content (AvgIpc) is 3.12. The first-order valence-electron chi connectivity index (χ1n) is 9.16. The largest absolute Gasteiger partial charge is 0.423 e. The highest BCUT2D eigenvalue weighted by atomic mass is 32.1. The van der Waals surface area contributed by atoms with Crippen molar-refractivity contribution < 1.29 is 9.53 Å². The lowest BCUT2D eigenvalue weighted by atomic mass is 10.0. The number of ether oxygens (including phenoxy) is 1. The van der Waals surface area contributed by atoms with Gasteiger partial charge in [0.05, 0.1) is 15.8 Å². The molecule has 0 radical (unpaired) electrons. The van der Waals surface area contributed by atoms with Crippen molar-refractivity contribution in [3.63, 3.8) is 0 Å². The molecule has 0 aliphatic rings. The Morgan fingerprint density at radius 2 is 1.89 bits per heavy atom. The fraction of sp³-hybridized carbons (Fsp3) is 0.174. The van der Waals surface area contributed by atoms with Crippen molar-refractivity contribution in [2.45, 2.75) is 26.7 Å². The smallest absolute Gasteiger partial charge is 0.345 e. The summed E-state index contributed by atoms with van der Waals surface area (Å²) in [6.45, 7) is 6.15. The van der Waals surface area contributed by atoms with Crippen molar-refractivity contribution in [1.82, 2.24) is 9.97 Å². The lowest BCUT2D eigenvalue weighted by molar-refractivity contribution is 0.0733. The summed E-state index contributed by atoms with van der Waals surface area (Å²) in [5.41, 5.74) is 3.91. The third-order valence-corrected chi connectivity index (χ3v) is 5.56. The van der Waals surface area contributed by atoms with Crippen LogP contribution >= 0.6 is 11.3 Å². The summed E-state index contributed by atoms with van der Waals surface area (Å²) in [5, 5.41) is 0.710. The molecule has 0 spiro atoms. The zero-order valence-corrected chi connectivity index (χ0v) is 16.8. The predicted octanol–water partition coefficient (Wildman–Crippen LogP) is 6.01. The van der Waals surface area contributed by atoms with Crippen molar-refractivity contribution in [1.29, 1.82) is 0 Å². The lowest BCUT2D eigenvalue weighted by Crippen LogP contribution is -2.12. The minimum Gasteiger partial charge on any atom is -0.423 e. The van der Waals surface area contributed by atoms with Gasteiger partial charge in [-0.05, 0) is 54.3 Å². The Kier molecular flexibility index (Phi) is 4.92. The van der Waals surface area contributed by atoms with Crippen LogP contribution < -0.4 is 4.74 Å². The molecule has 2 aromatic heterocycles. The molecule has 0 saturated heterocycles. The summed E-state index contributed by atoms with van der Waals surface area (Å²) in [7, 11) is 0. The maximum atomic E-state index is 13.0. The van der Waals surface area contributed by atoms with Gasteiger partial charge in [-0.1, -0.05) is 38.1 Å². The van der Waals surface area contributed by atoms with Gasteiger partial charge in [-0.15, -0.1) is 11.3 Å². The highest BCUT2D eigenvalue weighted by molar-refractivity contribution is 7.21. The van der Waals surface area contributed by atoms with Gasteiger partial charge in [-0.25, -0.2) is 9.78 Å². The average molecular weight is 388 g/mol. The number of pyridine rings is 1. The minimum absolute atomic E-state index is 0.251. The number of benzene rings is 2. The molecule has 5 heteroatoms. The van der Waals surface area contributed by atoms with Gasteiger partial charge in [0.25, 0.3) is 0 Å². The SMILES string of the molecule is Cc1ccc(C(C)C)c(OC(=O)c2cccnc2-c2nc3ccccc3s2)c1. The fourth-order valence-electron chi connectivity index (χ4n) is 3.08. The minimum atomic E-state index is -0.421. The van der Waals surface area contributed by atoms with E-state index in [9.17, 15) is 4.79 Å². The summed E-state index contributed by atoms with van der Waals surface area (Å²) in [5.74, 6) is 0.426. The van der Waals surface area contributed by atoms with Gasteiger partial charge in [-0.2, -0.15) is 0 Å². The zero-order valence-electron chi connectivity index (χ0n) is 16.0. The Labute approximate surface area is 167 Å². The van der Waals surface area contributed by atoms with E-state index in [4.69, 9.17) is 4.74 Å². The first-order chi connectivity index (χ1) is 13.5. The van der Waals surface area contributed by atoms with Gasteiger partial charge in [0.15, 0.2) is 0 Å². The van der Waals surface area contributed by atoms with E-state index in [0.717, 1.165) is 21.3 Å². The van der Waals surface area contributed by atoms with E-state index < -0.39 is 5.97 Å². The molecule has 28 heavy (non-hydrogen) atoms. The van der Waals surface area contributed by atoms with Crippen LogP contribution in [0, 0.1) is 6.92 Å². The molecule has 0 atom stereocenters. The third kappa shape index (κ3) is 3.53. The van der Waals surface area contributed by atoms with Crippen LogP contribution in [0.3, 0.4) is 0 Å². The second-order valence-electron chi connectivity index (χ2n) is 6.97. The molecule has 0 N–H and O–H groups in total. The van der Waals surface area contributed by atoms with Crippen LogP contribution in [0.4, 0.5) is 0 Å². The summed E-state index contributed by atoms with van der Waals surface area (Å²) in [4.78, 5) is 22.1. The molecule has 0 bridgehead atoms. The number of thiazole rings is 1. The van der Waals surface area contributed by atoms with E-state index in [1.807, 2.05) is 49.4 Å². The van der Waals surface area contributed by atoms with Crippen LogP contribution in [0.2, 0.25) is 0 Å².